The number of hydrogen-bond donors (Lipinski definition) is 1. The van der Waals surface area contributed by atoms with Crippen molar-refractivity contribution in [3.8, 4) is 11.3 Å². The highest BCUT2D eigenvalue weighted by molar-refractivity contribution is 5.95. The second kappa shape index (κ2) is 3.94. The van der Waals surface area contributed by atoms with E-state index in [1.54, 1.807) is 32.2 Å². The van der Waals surface area contributed by atoms with Crippen molar-refractivity contribution >= 4 is 17.1 Å². The third-order valence-electron chi connectivity index (χ3n) is 2.94. The summed E-state index contributed by atoms with van der Waals surface area (Å²) in [4.78, 5) is 15.4. The Bertz CT molecular complexity index is 786. The van der Waals surface area contributed by atoms with E-state index < -0.39 is 5.97 Å². The smallest absolute Gasteiger partial charge is 0.339 e. The van der Waals surface area contributed by atoms with Gasteiger partial charge in [0.05, 0.1) is 11.9 Å². The highest BCUT2D eigenvalue weighted by atomic mass is 16.4. The fourth-order valence-corrected chi connectivity index (χ4v) is 2.13. The number of aryl methyl sites for hydroxylation is 2. The van der Waals surface area contributed by atoms with Gasteiger partial charge in [0.15, 0.2) is 11.5 Å². The van der Waals surface area contributed by atoms with Gasteiger partial charge in [-0.15, -0.1) is 0 Å². The molecule has 0 amide bonds. The van der Waals surface area contributed by atoms with Crippen molar-refractivity contribution in [2.75, 3.05) is 0 Å². The van der Waals surface area contributed by atoms with Crippen molar-refractivity contribution in [3.63, 3.8) is 0 Å². The maximum atomic E-state index is 11.2. The molecule has 0 aliphatic rings. The maximum absolute atomic E-state index is 11.2. The number of fused-ring (bicyclic) bond motifs is 1. The van der Waals surface area contributed by atoms with E-state index >= 15 is 0 Å². The zero-order valence-electron chi connectivity index (χ0n) is 10.4. The SMILES string of the molecule is Cc1nc2cc(-c3c(C(=O)O)cnn3C)ccc2o1. The molecule has 1 N–H and O–H groups in total. The van der Waals surface area contributed by atoms with Crippen LogP contribution < -0.4 is 0 Å². The zero-order valence-corrected chi connectivity index (χ0v) is 10.4. The fourth-order valence-electron chi connectivity index (χ4n) is 2.13. The Morgan fingerprint density at radius 1 is 1.42 bits per heavy atom. The summed E-state index contributed by atoms with van der Waals surface area (Å²) >= 11 is 0. The van der Waals surface area contributed by atoms with Crippen molar-refractivity contribution in [1.82, 2.24) is 14.8 Å². The summed E-state index contributed by atoms with van der Waals surface area (Å²) in [5, 5.41) is 13.2. The van der Waals surface area contributed by atoms with Crippen LogP contribution in [0.25, 0.3) is 22.4 Å². The summed E-state index contributed by atoms with van der Waals surface area (Å²) in [5.74, 6) is -0.421. The van der Waals surface area contributed by atoms with Crippen LogP contribution in [-0.2, 0) is 7.05 Å². The van der Waals surface area contributed by atoms with E-state index in [0.29, 0.717) is 22.7 Å². The number of benzene rings is 1. The number of carboxylic acids is 1. The second-order valence-corrected chi connectivity index (χ2v) is 4.25. The zero-order chi connectivity index (χ0) is 13.6. The monoisotopic (exact) mass is 257 g/mol. The third kappa shape index (κ3) is 1.77. The van der Waals surface area contributed by atoms with Crippen molar-refractivity contribution in [1.29, 1.82) is 0 Å². The lowest BCUT2D eigenvalue weighted by atomic mass is 10.1. The van der Waals surface area contributed by atoms with E-state index in [4.69, 9.17) is 4.42 Å². The molecule has 19 heavy (non-hydrogen) atoms. The second-order valence-electron chi connectivity index (χ2n) is 4.25. The normalized spacial score (nSPS) is 11.1. The van der Waals surface area contributed by atoms with Gasteiger partial charge in [0, 0.05) is 19.5 Å². The van der Waals surface area contributed by atoms with Crippen LogP contribution in [0.4, 0.5) is 0 Å². The molecule has 0 saturated carbocycles. The lowest BCUT2D eigenvalue weighted by Gasteiger charge is -2.03. The molecule has 6 heteroatoms. The molecule has 0 bridgehead atoms. The van der Waals surface area contributed by atoms with E-state index in [2.05, 4.69) is 10.1 Å². The van der Waals surface area contributed by atoms with E-state index in [0.717, 1.165) is 5.56 Å². The molecule has 2 heterocycles. The van der Waals surface area contributed by atoms with Crippen LogP contribution in [0, 0.1) is 6.92 Å². The molecule has 2 aromatic heterocycles. The molecule has 0 aliphatic heterocycles. The van der Waals surface area contributed by atoms with Crippen LogP contribution in [0.1, 0.15) is 16.2 Å². The van der Waals surface area contributed by atoms with E-state index in [9.17, 15) is 9.90 Å². The summed E-state index contributed by atoms with van der Waals surface area (Å²) in [6.07, 6.45) is 1.34. The van der Waals surface area contributed by atoms with Crippen LogP contribution in [0.3, 0.4) is 0 Å². The topological polar surface area (TPSA) is 81.1 Å². The minimum atomic E-state index is -1.00. The fraction of sp³-hybridized carbons (Fsp3) is 0.154. The quantitative estimate of drug-likeness (QED) is 0.761. The molecule has 3 aromatic rings. The van der Waals surface area contributed by atoms with Gasteiger partial charge in [-0.25, -0.2) is 9.78 Å². The Morgan fingerprint density at radius 2 is 2.21 bits per heavy atom. The molecule has 3 rings (SSSR count). The van der Waals surface area contributed by atoms with Crippen LogP contribution in [0.5, 0.6) is 0 Å². The number of rotatable bonds is 2. The van der Waals surface area contributed by atoms with Crippen molar-refractivity contribution < 1.29 is 14.3 Å². The number of hydrogen-bond acceptors (Lipinski definition) is 4. The van der Waals surface area contributed by atoms with Gasteiger partial charge in [-0.1, -0.05) is 0 Å². The number of aromatic nitrogens is 3. The van der Waals surface area contributed by atoms with Crippen molar-refractivity contribution in [2.24, 2.45) is 7.05 Å². The number of carboxylic acid groups (broad SMARTS) is 1. The predicted molar refractivity (Wildman–Crippen MR) is 67.9 cm³/mol. The Morgan fingerprint density at radius 3 is 2.95 bits per heavy atom. The van der Waals surface area contributed by atoms with Crippen LogP contribution in [0.2, 0.25) is 0 Å². The summed E-state index contributed by atoms with van der Waals surface area (Å²) < 4.78 is 6.94. The van der Waals surface area contributed by atoms with Gasteiger partial charge in [0.1, 0.15) is 11.1 Å². The molecule has 96 valence electrons. The van der Waals surface area contributed by atoms with Gasteiger partial charge in [0.25, 0.3) is 0 Å². The first kappa shape index (κ1) is 11.5. The molecule has 0 spiro atoms. The van der Waals surface area contributed by atoms with E-state index in [1.807, 2.05) is 0 Å². The largest absolute Gasteiger partial charge is 0.478 e. The first-order valence-corrected chi connectivity index (χ1v) is 5.69. The average molecular weight is 257 g/mol. The molecule has 0 radical (unpaired) electrons. The molecular weight excluding hydrogens is 246 g/mol. The minimum Gasteiger partial charge on any atom is -0.478 e. The van der Waals surface area contributed by atoms with Gasteiger partial charge in [-0.2, -0.15) is 5.10 Å². The van der Waals surface area contributed by atoms with Gasteiger partial charge < -0.3 is 9.52 Å². The van der Waals surface area contributed by atoms with Gasteiger partial charge >= 0.3 is 5.97 Å². The number of carbonyl (C=O) groups is 1. The average Bonchev–Trinajstić information content (AvgIpc) is 2.89. The Labute approximate surface area is 108 Å². The number of oxazole rings is 1. The van der Waals surface area contributed by atoms with Gasteiger partial charge in [0.2, 0.25) is 0 Å². The molecule has 0 saturated heterocycles. The maximum Gasteiger partial charge on any atom is 0.339 e. The first-order valence-electron chi connectivity index (χ1n) is 5.69. The minimum absolute atomic E-state index is 0.169. The number of nitrogens with zero attached hydrogens (tertiary/aromatic N) is 3. The van der Waals surface area contributed by atoms with Crippen LogP contribution in [-0.4, -0.2) is 25.8 Å². The Kier molecular flexibility index (Phi) is 2.38. The summed E-state index contributed by atoms with van der Waals surface area (Å²) in [5.41, 5.74) is 2.85. The lowest BCUT2D eigenvalue weighted by Crippen LogP contribution is -2.00. The molecule has 1 aromatic carbocycles. The summed E-state index contributed by atoms with van der Waals surface area (Å²) in [7, 11) is 1.71. The molecule has 0 unspecified atom stereocenters. The molecule has 0 aliphatic carbocycles. The van der Waals surface area contributed by atoms with Gasteiger partial charge in [-0.05, 0) is 18.2 Å². The van der Waals surface area contributed by atoms with Crippen LogP contribution in [0.15, 0.2) is 28.8 Å². The Balaban J connectivity index is 2.23. The third-order valence-corrected chi connectivity index (χ3v) is 2.94. The summed E-state index contributed by atoms with van der Waals surface area (Å²) in [6.45, 7) is 1.77. The van der Waals surface area contributed by atoms with E-state index in [1.165, 1.54) is 10.9 Å². The van der Waals surface area contributed by atoms with Crippen molar-refractivity contribution in [2.45, 2.75) is 6.92 Å². The van der Waals surface area contributed by atoms with Crippen molar-refractivity contribution in [3.05, 3.63) is 35.9 Å². The molecule has 6 nitrogen and oxygen atoms in total. The van der Waals surface area contributed by atoms with Gasteiger partial charge in [-0.3, -0.25) is 4.68 Å². The highest BCUT2D eigenvalue weighted by Gasteiger charge is 2.17. The standard InChI is InChI=1S/C13H11N3O3/c1-7-15-10-5-8(3-4-11(10)19-7)12-9(13(17)18)6-14-16(12)2/h3-6H,1-2H3,(H,17,18). The first-order chi connectivity index (χ1) is 9.06. The number of aromatic carboxylic acids is 1. The lowest BCUT2D eigenvalue weighted by molar-refractivity contribution is 0.0697. The molecule has 0 atom stereocenters. The summed E-state index contributed by atoms with van der Waals surface area (Å²) in [6, 6.07) is 5.38. The van der Waals surface area contributed by atoms with Crippen LogP contribution >= 0.6 is 0 Å². The van der Waals surface area contributed by atoms with E-state index in [-0.39, 0.29) is 5.56 Å². The molecular formula is C13H11N3O3. The molecule has 0 fully saturated rings. The predicted octanol–water partition coefficient (Wildman–Crippen LogP) is 2.23. The highest BCUT2D eigenvalue weighted by Crippen LogP contribution is 2.27. The Hall–Kier alpha value is -2.63.